The quantitative estimate of drug-likeness (QED) is 0.597. The molecular weight excluding hydrogens is 294 g/mol. The number of nitro groups is 1. The second-order valence-electron chi connectivity index (χ2n) is 4.68. The number of non-ortho nitro benzene ring substituents is 1. The van der Waals surface area contributed by atoms with Gasteiger partial charge in [0.25, 0.3) is 11.6 Å². The maximum absolute atomic E-state index is 11.6. The Balaban J connectivity index is 1.91. The van der Waals surface area contributed by atoms with Gasteiger partial charge in [-0.3, -0.25) is 20.2 Å². The highest BCUT2D eigenvalue weighted by atomic mass is 16.6. The second kappa shape index (κ2) is 6.74. The van der Waals surface area contributed by atoms with E-state index in [1.807, 2.05) is 0 Å². The van der Waals surface area contributed by atoms with Gasteiger partial charge in [0.1, 0.15) is 0 Å². The molecule has 9 nitrogen and oxygen atoms in total. The Labute approximate surface area is 125 Å². The third-order valence-corrected chi connectivity index (χ3v) is 2.88. The van der Waals surface area contributed by atoms with Crippen molar-refractivity contribution in [2.24, 2.45) is 0 Å². The lowest BCUT2D eigenvalue weighted by Crippen LogP contribution is -2.42. The van der Waals surface area contributed by atoms with E-state index in [4.69, 9.17) is 9.47 Å². The van der Waals surface area contributed by atoms with Crippen LogP contribution in [0, 0.1) is 10.1 Å². The molecule has 22 heavy (non-hydrogen) atoms. The van der Waals surface area contributed by atoms with Gasteiger partial charge in [-0.2, -0.15) is 0 Å². The van der Waals surface area contributed by atoms with Gasteiger partial charge in [-0.05, 0) is 18.9 Å². The zero-order chi connectivity index (χ0) is 16.1. The molecule has 0 unspecified atom stereocenters. The van der Waals surface area contributed by atoms with Crippen molar-refractivity contribution in [1.29, 1.82) is 0 Å². The van der Waals surface area contributed by atoms with Crippen molar-refractivity contribution < 1.29 is 24.0 Å². The fourth-order valence-corrected chi connectivity index (χ4v) is 1.65. The molecule has 3 amide bonds. The molecule has 1 aliphatic rings. The van der Waals surface area contributed by atoms with Crippen LogP contribution >= 0.6 is 0 Å². The number of rotatable bonds is 6. The number of urea groups is 1. The van der Waals surface area contributed by atoms with Crippen LogP contribution in [0.3, 0.4) is 0 Å². The lowest BCUT2D eigenvalue weighted by molar-refractivity contribution is -0.385. The van der Waals surface area contributed by atoms with E-state index in [-0.39, 0.29) is 23.2 Å². The average Bonchev–Trinajstić information content (AvgIpc) is 3.28. The van der Waals surface area contributed by atoms with Crippen LogP contribution in [0.15, 0.2) is 18.2 Å². The Hall–Kier alpha value is -2.84. The largest absolute Gasteiger partial charge is 0.493 e. The molecule has 0 radical (unpaired) electrons. The molecular formula is C13H15N3O6. The van der Waals surface area contributed by atoms with Crippen molar-refractivity contribution in [3.63, 3.8) is 0 Å². The maximum Gasteiger partial charge on any atom is 0.321 e. The molecule has 0 atom stereocenters. The summed E-state index contributed by atoms with van der Waals surface area (Å²) in [5, 5.41) is 15.4. The molecule has 0 spiro atoms. The van der Waals surface area contributed by atoms with Crippen molar-refractivity contribution in [2.45, 2.75) is 18.9 Å². The molecule has 1 aliphatic carbocycles. The summed E-state index contributed by atoms with van der Waals surface area (Å²) in [6.45, 7) is -0.463. The number of benzene rings is 1. The highest BCUT2D eigenvalue weighted by Gasteiger charge is 2.24. The molecule has 0 bridgehead atoms. The number of methoxy groups -OCH3 is 1. The van der Waals surface area contributed by atoms with Gasteiger partial charge >= 0.3 is 6.03 Å². The summed E-state index contributed by atoms with van der Waals surface area (Å²) in [6.07, 6.45) is 1.81. The standard InChI is InChI=1S/C13H15N3O6/c1-21-10-5-4-9(16(19)20)6-11(10)22-7-12(17)15-13(18)14-8-2-3-8/h4-6,8H,2-3,7H2,1H3,(H2,14,15,17,18). The topological polar surface area (TPSA) is 120 Å². The van der Waals surface area contributed by atoms with Gasteiger partial charge < -0.3 is 14.8 Å². The van der Waals surface area contributed by atoms with Gasteiger partial charge in [0.2, 0.25) is 0 Å². The number of hydrogen-bond donors (Lipinski definition) is 2. The monoisotopic (exact) mass is 309 g/mol. The average molecular weight is 309 g/mol. The van der Waals surface area contributed by atoms with Crippen LogP contribution in [-0.4, -0.2) is 36.6 Å². The van der Waals surface area contributed by atoms with E-state index in [0.29, 0.717) is 0 Å². The van der Waals surface area contributed by atoms with E-state index in [2.05, 4.69) is 10.6 Å². The number of nitro benzene ring substituents is 1. The summed E-state index contributed by atoms with van der Waals surface area (Å²) >= 11 is 0. The Morgan fingerprint density at radius 2 is 2.09 bits per heavy atom. The number of nitrogens with one attached hydrogen (secondary N) is 2. The molecule has 1 aromatic carbocycles. The molecule has 0 aromatic heterocycles. The predicted molar refractivity (Wildman–Crippen MR) is 74.8 cm³/mol. The molecule has 0 heterocycles. The minimum absolute atomic E-state index is 0.0504. The van der Waals surface area contributed by atoms with Crippen molar-refractivity contribution in [3.05, 3.63) is 28.3 Å². The van der Waals surface area contributed by atoms with Crippen LogP contribution in [0.5, 0.6) is 11.5 Å². The highest BCUT2D eigenvalue weighted by Crippen LogP contribution is 2.30. The van der Waals surface area contributed by atoms with E-state index < -0.39 is 23.5 Å². The molecule has 118 valence electrons. The van der Waals surface area contributed by atoms with E-state index in [0.717, 1.165) is 18.9 Å². The smallest absolute Gasteiger partial charge is 0.321 e. The molecule has 9 heteroatoms. The third kappa shape index (κ3) is 4.33. The van der Waals surface area contributed by atoms with Gasteiger partial charge in [-0.25, -0.2) is 4.79 Å². The number of hydrogen-bond acceptors (Lipinski definition) is 6. The van der Waals surface area contributed by atoms with E-state index in [1.54, 1.807) is 0 Å². The molecule has 0 aliphatic heterocycles. The fourth-order valence-electron chi connectivity index (χ4n) is 1.65. The Kier molecular flexibility index (Phi) is 4.77. The number of carbonyl (C=O) groups is 2. The van der Waals surface area contributed by atoms with Gasteiger partial charge in [0.15, 0.2) is 18.1 Å². The number of ether oxygens (including phenoxy) is 2. The Morgan fingerprint density at radius 1 is 1.36 bits per heavy atom. The Bertz CT molecular complexity index is 599. The first-order valence-electron chi connectivity index (χ1n) is 6.55. The molecule has 1 aromatic rings. The van der Waals surface area contributed by atoms with Crippen LogP contribution in [0.25, 0.3) is 0 Å². The number of carbonyl (C=O) groups excluding carboxylic acids is 2. The lowest BCUT2D eigenvalue weighted by Gasteiger charge is -2.10. The predicted octanol–water partition coefficient (Wildman–Crippen LogP) is 0.970. The van der Waals surface area contributed by atoms with Crippen LogP contribution in [-0.2, 0) is 4.79 Å². The molecule has 2 N–H and O–H groups in total. The molecule has 1 saturated carbocycles. The van der Waals surface area contributed by atoms with Crippen molar-refractivity contribution in [1.82, 2.24) is 10.6 Å². The zero-order valence-electron chi connectivity index (χ0n) is 11.8. The first kappa shape index (κ1) is 15.5. The van der Waals surface area contributed by atoms with Gasteiger partial charge in [-0.1, -0.05) is 0 Å². The first-order valence-corrected chi connectivity index (χ1v) is 6.55. The fraction of sp³-hybridized carbons (Fsp3) is 0.385. The molecule has 1 fully saturated rings. The number of imide groups is 1. The summed E-state index contributed by atoms with van der Waals surface area (Å²) in [4.78, 5) is 33.1. The van der Waals surface area contributed by atoms with Crippen molar-refractivity contribution in [2.75, 3.05) is 13.7 Å². The second-order valence-corrected chi connectivity index (χ2v) is 4.68. The summed E-state index contributed by atoms with van der Waals surface area (Å²) in [7, 11) is 1.37. The highest BCUT2D eigenvalue weighted by molar-refractivity contribution is 5.95. The van der Waals surface area contributed by atoms with E-state index >= 15 is 0 Å². The first-order chi connectivity index (χ1) is 10.5. The lowest BCUT2D eigenvalue weighted by atomic mass is 10.3. The number of amides is 3. The summed E-state index contributed by atoms with van der Waals surface area (Å²) in [5.74, 6) is -0.359. The molecule has 0 saturated heterocycles. The summed E-state index contributed by atoms with van der Waals surface area (Å²) in [6, 6.07) is 3.32. The van der Waals surface area contributed by atoms with Crippen LogP contribution in [0.1, 0.15) is 12.8 Å². The summed E-state index contributed by atoms with van der Waals surface area (Å²) in [5.41, 5.74) is -0.192. The minimum Gasteiger partial charge on any atom is -0.493 e. The SMILES string of the molecule is COc1ccc([N+](=O)[O-])cc1OCC(=O)NC(=O)NC1CC1. The van der Waals surface area contributed by atoms with Gasteiger partial charge in [0, 0.05) is 12.1 Å². The van der Waals surface area contributed by atoms with Crippen molar-refractivity contribution in [3.8, 4) is 11.5 Å². The summed E-state index contributed by atoms with van der Waals surface area (Å²) < 4.78 is 10.2. The van der Waals surface area contributed by atoms with Crippen LogP contribution in [0.4, 0.5) is 10.5 Å². The van der Waals surface area contributed by atoms with Crippen LogP contribution in [0.2, 0.25) is 0 Å². The number of nitrogens with zero attached hydrogens (tertiary/aromatic N) is 1. The minimum atomic E-state index is -0.660. The third-order valence-electron chi connectivity index (χ3n) is 2.88. The Morgan fingerprint density at radius 3 is 2.68 bits per heavy atom. The van der Waals surface area contributed by atoms with Gasteiger partial charge in [-0.15, -0.1) is 0 Å². The van der Waals surface area contributed by atoms with E-state index in [1.165, 1.54) is 19.2 Å². The van der Waals surface area contributed by atoms with Gasteiger partial charge in [0.05, 0.1) is 18.1 Å². The normalized spacial score (nSPS) is 13.1. The zero-order valence-corrected chi connectivity index (χ0v) is 11.8. The maximum atomic E-state index is 11.6. The molecule has 2 rings (SSSR count). The van der Waals surface area contributed by atoms with E-state index in [9.17, 15) is 19.7 Å². The van der Waals surface area contributed by atoms with Crippen molar-refractivity contribution >= 4 is 17.6 Å². The van der Waals surface area contributed by atoms with Crippen LogP contribution < -0.4 is 20.1 Å².